The predicted octanol–water partition coefficient (Wildman–Crippen LogP) is 3.41. The lowest BCUT2D eigenvalue weighted by molar-refractivity contribution is -0.159. The van der Waals surface area contributed by atoms with E-state index in [1.807, 2.05) is 6.21 Å². The molecule has 0 aliphatic heterocycles. The molecule has 31 heavy (non-hydrogen) atoms. The Balaban J connectivity index is 0.000000501. The second-order valence-electron chi connectivity index (χ2n) is 9.69. The molecule has 0 bridgehead atoms. The van der Waals surface area contributed by atoms with Crippen LogP contribution in [0.1, 0.15) is 84.0 Å². The normalized spacial score (nSPS) is 33.4. The highest BCUT2D eigenvalue weighted by molar-refractivity contribution is 6.27. The van der Waals surface area contributed by atoms with Crippen LogP contribution in [0, 0.1) is 23.2 Å². The molecule has 0 aromatic rings. The summed E-state index contributed by atoms with van der Waals surface area (Å²) in [6.07, 6.45) is 16.3. The van der Waals surface area contributed by atoms with E-state index in [1.165, 1.54) is 38.5 Å². The van der Waals surface area contributed by atoms with Crippen molar-refractivity contribution >= 4 is 18.2 Å². The summed E-state index contributed by atoms with van der Waals surface area (Å²) in [5, 5.41) is 30.5. The summed E-state index contributed by atoms with van der Waals surface area (Å²) in [7, 11) is 0. The van der Waals surface area contributed by atoms with Crippen molar-refractivity contribution < 1.29 is 29.7 Å². The lowest BCUT2D eigenvalue weighted by Gasteiger charge is -2.50. The molecular formula is C23H40N2O6. The third kappa shape index (κ3) is 6.65. The molecule has 0 heterocycles. The fourth-order valence-corrected chi connectivity index (χ4v) is 5.84. The monoisotopic (exact) mass is 440 g/mol. The van der Waals surface area contributed by atoms with Crippen LogP contribution in [0.5, 0.6) is 0 Å². The minimum Gasteiger partial charge on any atom is -0.473 e. The molecule has 8 nitrogen and oxygen atoms in total. The molecule has 0 saturated heterocycles. The first kappa shape index (κ1) is 25.6. The zero-order valence-corrected chi connectivity index (χ0v) is 18.8. The number of nitrogens with two attached hydrogens (primary N) is 1. The van der Waals surface area contributed by atoms with Gasteiger partial charge in [0.2, 0.25) is 0 Å². The number of carboxylic acids is 2. The predicted molar refractivity (Wildman–Crippen MR) is 118 cm³/mol. The quantitative estimate of drug-likeness (QED) is 0.206. The standard InChI is InChI=1S/C21H38N2O2.C2H2O4/c1-20-11-9-18(17-7-3-2-4-8-17)15-21(20,24)12-10-19(20)16-23-25-14-6-5-13-22;3-1(4)2(5)6/h16-19,24H,2-15,22H2,1H3;(H,3,4)(H,5,6)/t18-,19+,20+,21-;/m0./s1. The Morgan fingerprint density at radius 1 is 1.03 bits per heavy atom. The molecule has 4 atom stereocenters. The van der Waals surface area contributed by atoms with Gasteiger partial charge in [-0.1, -0.05) is 44.2 Å². The minimum atomic E-state index is -1.82. The van der Waals surface area contributed by atoms with Gasteiger partial charge in [-0.25, -0.2) is 9.59 Å². The molecule has 0 aromatic heterocycles. The summed E-state index contributed by atoms with van der Waals surface area (Å²) in [5.74, 6) is -1.70. The molecule has 5 N–H and O–H groups in total. The maximum absolute atomic E-state index is 11.5. The van der Waals surface area contributed by atoms with Gasteiger partial charge in [0.1, 0.15) is 6.61 Å². The van der Waals surface area contributed by atoms with Crippen molar-refractivity contribution in [2.45, 2.75) is 89.6 Å². The Morgan fingerprint density at radius 3 is 2.32 bits per heavy atom. The number of carboxylic acid groups (broad SMARTS) is 2. The molecule has 3 saturated carbocycles. The zero-order chi connectivity index (χ0) is 22.9. The molecule has 0 spiro atoms. The fourth-order valence-electron chi connectivity index (χ4n) is 5.84. The van der Waals surface area contributed by atoms with Crippen LogP contribution in [0.4, 0.5) is 0 Å². The second-order valence-corrected chi connectivity index (χ2v) is 9.69. The van der Waals surface area contributed by atoms with Gasteiger partial charge in [-0.15, -0.1) is 0 Å². The number of aliphatic carboxylic acids is 2. The lowest BCUT2D eigenvalue weighted by atomic mass is 9.57. The fraction of sp³-hybridized carbons (Fsp3) is 0.870. The number of aliphatic hydroxyl groups is 1. The van der Waals surface area contributed by atoms with E-state index in [0.717, 1.165) is 50.4 Å². The summed E-state index contributed by atoms with van der Waals surface area (Å²) in [4.78, 5) is 23.6. The summed E-state index contributed by atoms with van der Waals surface area (Å²) in [6.45, 7) is 3.65. The maximum Gasteiger partial charge on any atom is 0.414 e. The van der Waals surface area contributed by atoms with Crippen molar-refractivity contribution in [2.75, 3.05) is 13.2 Å². The van der Waals surface area contributed by atoms with E-state index in [4.69, 9.17) is 30.4 Å². The minimum absolute atomic E-state index is 0.0255. The Hall–Kier alpha value is -1.67. The zero-order valence-electron chi connectivity index (χ0n) is 18.8. The van der Waals surface area contributed by atoms with Gasteiger partial charge in [0.05, 0.1) is 5.60 Å². The molecule has 3 rings (SSSR count). The molecule has 0 aromatic carbocycles. The van der Waals surface area contributed by atoms with Gasteiger partial charge in [0.15, 0.2) is 0 Å². The summed E-state index contributed by atoms with van der Waals surface area (Å²) in [5.41, 5.74) is 4.97. The Labute approximate surface area is 185 Å². The highest BCUT2D eigenvalue weighted by Crippen LogP contribution is 2.60. The highest BCUT2D eigenvalue weighted by atomic mass is 16.6. The summed E-state index contributed by atoms with van der Waals surface area (Å²) < 4.78 is 0. The average Bonchev–Trinajstić information content (AvgIpc) is 3.01. The van der Waals surface area contributed by atoms with Gasteiger partial charge in [0.25, 0.3) is 0 Å². The van der Waals surface area contributed by atoms with Gasteiger partial charge in [-0.3, -0.25) is 0 Å². The highest BCUT2D eigenvalue weighted by Gasteiger charge is 2.59. The van der Waals surface area contributed by atoms with Crippen molar-refractivity contribution in [2.24, 2.45) is 34.1 Å². The van der Waals surface area contributed by atoms with Gasteiger partial charge < -0.3 is 25.9 Å². The molecule has 3 aliphatic rings. The topological polar surface area (TPSA) is 142 Å². The molecule has 178 valence electrons. The van der Waals surface area contributed by atoms with E-state index in [1.54, 1.807) is 0 Å². The van der Waals surface area contributed by atoms with Crippen LogP contribution in [0.2, 0.25) is 0 Å². The van der Waals surface area contributed by atoms with Gasteiger partial charge >= 0.3 is 11.9 Å². The maximum atomic E-state index is 11.5. The van der Waals surface area contributed by atoms with Gasteiger partial charge in [-0.2, -0.15) is 0 Å². The number of unbranched alkanes of at least 4 members (excludes halogenated alkanes) is 1. The summed E-state index contributed by atoms with van der Waals surface area (Å²) >= 11 is 0. The van der Waals surface area contributed by atoms with E-state index < -0.39 is 17.5 Å². The first-order valence-electron chi connectivity index (χ1n) is 11.8. The van der Waals surface area contributed by atoms with Crippen LogP contribution in [-0.2, 0) is 14.4 Å². The number of carbonyl (C=O) groups is 2. The smallest absolute Gasteiger partial charge is 0.414 e. The second kappa shape index (κ2) is 11.8. The molecule has 0 radical (unpaired) electrons. The first-order valence-corrected chi connectivity index (χ1v) is 11.8. The van der Waals surface area contributed by atoms with Crippen molar-refractivity contribution in [1.29, 1.82) is 0 Å². The largest absolute Gasteiger partial charge is 0.473 e. The lowest BCUT2D eigenvalue weighted by Crippen LogP contribution is -2.51. The molecular weight excluding hydrogens is 400 g/mol. The molecule has 3 aliphatic carbocycles. The SMILES string of the molecule is C[C@]12CC[C@H](C3CCCCC3)C[C@@]1(O)CC[C@@H]2C=NOCCCCN.O=C(O)C(=O)O. The molecule has 0 unspecified atom stereocenters. The van der Waals surface area contributed by atoms with E-state index in [-0.39, 0.29) is 5.41 Å². The third-order valence-electron chi connectivity index (χ3n) is 7.89. The van der Waals surface area contributed by atoms with Crippen LogP contribution < -0.4 is 5.73 Å². The third-order valence-corrected chi connectivity index (χ3v) is 7.89. The Bertz CT molecular complexity index is 609. The van der Waals surface area contributed by atoms with E-state index in [2.05, 4.69) is 12.1 Å². The van der Waals surface area contributed by atoms with Crippen molar-refractivity contribution in [3.63, 3.8) is 0 Å². The number of nitrogens with zero attached hydrogens (tertiary/aromatic N) is 1. The Kier molecular flexibility index (Phi) is 9.75. The van der Waals surface area contributed by atoms with Crippen LogP contribution >= 0.6 is 0 Å². The van der Waals surface area contributed by atoms with E-state index >= 15 is 0 Å². The summed E-state index contributed by atoms with van der Waals surface area (Å²) in [6, 6.07) is 0. The number of hydrogen-bond acceptors (Lipinski definition) is 6. The molecule has 0 amide bonds. The van der Waals surface area contributed by atoms with E-state index in [0.29, 0.717) is 19.1 Å². The van der Waals surface area contributed by atoms with Gasteiger partial charge in [0, 0.05) is 17.5 Å². The Morgan fingerprint density at radius 2 is 1.71 bits per heavy atom. The van der Waals surface area contributed by atoms with Crippen LogP contribution in [0.25, 0.3) is 0 Å². The number of hydrogen-bond donors (Lipinski definition) is 4. The number of oxime groups is 1. The first-order chi connectivity index (χ1) is 14.7. The average molecular weight is 441 g/mol. The van der Waals surface area contributed by atoms with Crippen LogP contribution in [0.3, 0.4) is 0 Å². The molecule has 8 heteroatoms. The van der Waals surface area contributed by atoms with Crippen molar-refractivity contribution in [3.05, 3.63) is 0 Å². The van der Waals surface area contributed by atoms with E-state index in [9.17, 15) is 5.11 Å². The van der Waals surface area contributed by atoms with Crippen LogP contribution in [-0.4, -0.2) is 52.2 Å². The number of rotatable bonds is 7. The van der Waals surface area contributed by atoms with Crippen LogP contribution in [0.15, 0.2) is 5.16 Å². The number of fused-ring (bicyclic) bond motifs is 1. The van der Waals surface area contributed by atoms with Gasteiger partial charge in [-0.05, 0) is 63.3 Å². The molecule has 3 fully saturated rings. The van der Waals surface area contributed by atoms with Crippen molar-refractivity contribution in [3.8, 4) is 0 Å². The van der Waals surface area contributed by atoms with Crippen molar-refractivity contribution in [1.82, 2.24) is 0 Å².